The van der Waals surface area contributed by atoms with Crippen molar-refractivity contribution >= 4 is 34.5 Å². The molecule has 0 radical (unpaired) electrons. The summed E-state index contributed by atoms with van der Waals surface area (Å²) in [7, 11) is 0. The second kappa shape index (κ2) is 9.94. The molecule has 1 fully saturated rings. The number of nitrogens with zero attached hydrogens (tertiary/aromatic N) is 2. The molecule has 8 nitrogen and oxygen atoms in total. The number of carbonyl (C=O) groups excluding carboxylic acids is 3. The highest BCUT2D eigenvalue weighted by Crippen LogP contribution is 2.28. The van der Waals surface area contributed by atoms with Gasteiger partial charge in [-0.2, -0.15) is 0 Å². The number of aromatic nitrogens is 1. The van der Waals surface area contributed by atoms with Crippen LogP contribution < -0.4 is 10.2 Å². The molecule has 34 heavy (non-hydrogen) atoms. The van der Waals surface area contributed by atoms with Crippen LogP contribution in [0.4, 0.5) is 14.9 Å². The quantitative estimate of drug-likeness (QED) is 0.545. The number of hydrogen-bond acceptors (Lipinski definition) is 4. The van der Waals surface area contributed by atoms with Crippen molar-refractivity contribution in [3.63, 3.8) is 0 Å². The molecule has 2 N–H and O–H groups in total. The van der Waals surface area contributed by atoms with Crippen LogP contribution in [-0.2, 0) is 14.3 Å². The van der Waals surface area contributed by atoms with Gasteiger partial charge in [-0.1, -0.05) is 25.1 Å². The third kappa shape index (κ3) is 4.73. The molecule has 1 aliphatic rings. The lowest BCUT2D eigenvalue weighted by atomic mass is 9.93. The number of urea groups is 1. The molecule has 3 amide bonds. The molecular formula is C25H27FN4O4. The van der Waals surface area contributed by atoms with Crippen molar-refractivity contribution in [2.75, 3.05) is 31.1 Å². The zero-order valence-electron chi connectivity index (χ0n) is 19.1. The van der Waals surface area contributed by atoms with Gasteiger partial charge in [0.2, 0.25) is 5.91 Å². The average Bonchev–Trinajstić information content (AvgIpc) is 3.27. The zero-order chi connectivity index (χ0) is 24.2. The molecule has 2 aromatic carbocycles. The average molecular weight is 467 g/mol. The molecule has 0 spiro atoms. The SMILES string of the molecule is CCOC(=O)[C@H](NC(=O)N1CCN(c2ccc(F)cc2)C(=O)C1)[C@@H](C)c1c[nH]c2ccccc12. The first-order valence-corrected chi connectivity index (χ1v) is 11.2. The summed E-state index contributed by atoms with van der Waals surface area (Å²) in [6.45, 7) is 4.13. The Morgan fingerprint density at radius 2 is 1.88 bits per heavy atom. The van der Waals surface area contributed by atoms with Gasteiger partial charge in [0.05, 0.1) is 6.61 Å². The van der Waals surface area contributed by atoms with Crippen LogP contribution in [0.5, 0.6) is 0 Å². The van der Waals surface area contributed by atoms with E-state index in [1.807, 2.05) is 37.4 Å². The van der Waals surface area contributed by atoms with Crippen LogP contribution in [0.3, 0.4) is 0 Å². The van der Waals surface area contributed by atoms with Gasteiger partial charge < -0.3 is 24.8 Å². The van der Waals surface area contributed by atoms with E-state index in [1.165, 1.54) is 34.1 Å². The van der Waals surface area contributed by atoms with Gasteiger partial charge in [-0.3, -0.25) is 4.79 Å². The third-order valence-corrected chi connectivity index (χ3v) is 6.08. The van der Waals surface area contributed by atoms with Gasteiger partial charge in [0.15, 0.2) is 0 Å². The second-order valence-corrected chi connectivity index (χ2v) is 8.20. The number of esters is 1. The number of piperazine rings is 1. The number of benzene rings is 2. The first-order chi connectivity index (χ1) is 16.4. The molecule has 0 bridgehead atoms. The number of aromatic amines is 1. The smallest absolute Gasteiger partial charge is 0.329 e. The summed E-state index contributed by atoms with van der Waals surface area (Å²) >= 11 is 0. The number of rotatable bonds is 6. The van der Waals surface area contributed by atoms with E-state index in [9.17, 15) is 18.8 Å². The third-order valence-electron chi connectivity index (χ3n) is 6.08. The number of para-hydroxylation sites is 1. The van der Waals surface area contributed by atoms with E-state index >= 15 is 0 Å². The fourth-order valence-electron chi connectivity index (χ4n) is 4.24. The van der Waals surface area contributed by atoms with E-state index in [0.29, 0.717) is 5.69 Å². The van der Waals surface area contributed by atoms with Crippen LogP contribution in [0.25, 0.3) is 10.9 Å². The number of carbonyl (C=O) groups is 3. The molecule has 9 heteroatoms. The lowest BCUT2D eigenvalue weighted by Crippen LogP contribution is -2.57. The first-order valence-electron chi connectivity index (χ1n) is 11.2. The molecule has 0 saturated carbocycles. The molecule has 0 aliphatic carbocycles. The molecule has 3 aromatic rings. The minimum Gasteiger partial charge on any atom is -0.464 e. The Kier molecular flexibility index (Phi) is 6.81. The van der Waals surface area contributed by atoms with E-state index in [4.69, 9.17) is 4.74 Å². The summed E-state index contributed by atoms with van der Waals surface area (Å²) in [6.07, 6.45) is 1.83. The van der Waals surface area contributed by atoms with Crippen molar-refractivity contribution in [2.45, 2.75) is 25.8 Å². The highest BCUT2D eigenvalue weighted by Gasteiger charge is 2.34. The molecule has 178 valence electrons. The van der Waals surface area contributed by atoms with Crippen molar-refractivity contribution in [1.82, 2.24) is 15.2 Å². The molecule has 2 atom stereocenters. The topological polar surface area (TPSA) is 94.7 Å². The first kappa shape index (κ1) is 23.3. The van der Waals surface area contributed by atoms with Gasteiger partial charge in [0.1, 0.15) is 18.4 Å². The maximum Gasteiger partial charge on any atom is 0.329 e. The van der Waals surface area contributed by atoms with E-state index in [0.717, 1.165) is 16.5 Å². The number of fused-ring (bicyclic) bond motifs is 1. The Hall–Kier alpha value is -3.88. The maximum absolute atomic E-state index is 13.2. The lowest BCUT2D eigenvalue weighted by molar-refractivity contribution is -0.145. The zero-order valence-corrected chi connectivity index (χ0v) is 19.1. The van der Waals surface area contributed by atoms with E-state index < -0.39 is 18.0 Å². The minimum atomic E-state index is -0.933. The number of ether oxygens (including phenoxy) is 1. The maximum atomic E-state index is 13.2. The van der Waals surface area contributed by atoms with Crippen LogP contribution in [0, 0.1) is 5.82 Å². The summed E-state index contributed by atoms with van der Waals surface area (Å²) in [4.78, 5) is 44.6. The van der Waals surface area contributed by atoms with E-state index in [1.54, 1.807) is 6.92 Å². The molecule has 0 unspecified atom stereocenters. The van der Waals surface area contributed by atoms with Crippen molar-refractivity contribution in [3.05, 3.63) is 66.1 Å². The van der Waals surface area contributed by atoms with Crippen LogP contribution in [0.15, 0.2) is 54.7 Å². The summed E-state index contributed by atoms with van der Waals surface area (Å²) in [5.41, 5.74) is 2.38. The van der Waals surface area contributed by atoms with Crippen LogP contribution >= 0.6 is 0 Å². The van der Waals surface area contributed by atoms with Gasteiger partial charge in [-0.05, 0) is 42.8 Å². The number of hydrogen-bond donors (Lipinski definition) is 2. The Balaban J connectivity index is 1.48. The van der Waals surface area contributed by atoms with Gasteiger partial charge in [-0.25, -0.2) is 14.0 Å². The molecule has 4 rings (SSSR count). The van der Waals surface area contributed by atoms with Crippen LogP contribution in [0.1, 0.15) is 25.3 Å². The Morgan fingerprint density at radius 3 is 2.59 bits per heavy atom. The van der Waals surface area contributed by atoms with Crippen molar-refractivity contribution in [2.24, 2.45) is 0 Å². The molecule has 1 saturated heterocycles. The Morgan fingerprint density at radius 1 is 1.15 bits per heavy atom. The largest absolute Gasteiger partial charge is 0.464 e. The van der Waals surface area contributed by atoms with Gasteiger partial charge in [0.25, 0.3) is 0 Å². The van der Waals surface area contributed by atoms with Crippen molar-refractivity contribution in [1.29, 1.82) is 0 Å². The molecular weight excluding hydrogens is 439 g/mol. The fraction of sp³-hybridized carbons (Fsp3) is 0.320. The van der Waals surface area contributed by atoms with E-state index in [2.05, 4.69) is 10.3 Å². The highest BCUT2D eigenvalue weighted by molar-refractivity contribution is 5.98. The van der Waals surface area contributed by atoms with E-state index in [-0.39, 0.29) is 43.9 Å². The highest BCUT2D eigenvalue weighted by atomic mass is 19.1. The summed E-state index contributed by atoms with van der Waals surface area (Å²) in [5, 5.41) is 3.74. The summed E-state index contributed by atoms with van der Waals surface area (Å²) in [5.74, 6) is -1.59. The normalized spacial score (nSPS) is 15.8. The van der Waals surface area contributed by atoms with Crippen molar-refractivity contribution < 1.29 is 23.5 Å². The summed E-state index contributed by atoms with van der Waals surface area (Å²) < 4.78 is 18.5. The van der Waals surface area contributed by atoms with Crippen LogP contribution in [-0.4, -0.2) is 60.1 Å². The Labute approximate surface area is 196 Å². The number of anilines is 1. The van der Waals surface area contributed by atoms with Gasteiger partial charge in [0, 0.05) is 41.8 Å². The fourth-order valence-corrected chi connectivity index (χ4v) is 4.24. The van der Waals surface area contributed by atoms with Crippen LogP contribution in [0.2, 0.25) is 0 Å². The van der Waals surface area contributed by atoms with Gasteiger partial charge >= 0.3 is 12.0 Å². The number of halogens is 1. The van der Waals surface area contributed by atoms with Gasteiger partial charge in [-0.15, -0.1) is 0 Å². The molecule has 1 aromatic heterocycles. The second-order valence-electron chi connectivity index (χ2n) is 8.20. The number of H-pyrrole nitrogens is 1. The lowest BCUT2D eigenvalue weighted by Gasteiger charge is -2.35. The monoisotopic (exact) mass is 466 g/mol. The minimum absolute atomic E-state index is 0.153. The summed E-state index contributed by atoms with van der Waals surface area (Å²) in [6, 6.07) is 11.9. The predicted octanol–water partition coefficient (Wildman–Crippen LogP) is 3.40. The predicted molar refractivity (Wildman–Crippen MR) is 126 cm³/mol. The molecule has 2 heterocycles. The standard InChI is InChI=1S/C25H27FN4O4/c1-3-34-24(32)23(16(2)20-14-27-21-7-5-4-6-19(20)21)28-25(33)29-12-13-30(22(31)15-29)18-10-8-17(26)9-11-18/h4-11,14,16,23,27H,3,12-13,15H2,1-2H3,(H,28,33)/t16-,23+/m0/s1. The number of amides is 3. The number of nitrogens with one attached hydrogen (secondary N) is 2. The van der Waals surface area contributed by atoms with Crippen molar-refractivity contribution in [3.8, 4) is 0 Å². The molecule has 1 aliphatic heterocycles. The Bertz CT molecular complexity index is 1190.